The van der Waals surface area contributed by atoms with Gasteiger partial charge in [0.2, 0.25) is 0 Å². The Bertz CT molecular complexity index is 550. The molecule has 0 radical (unpaired) electrons. The van der Waals surface area contributed by atoms with Gasteiger partial charge in [-0.2, -0.15) is 0 Å². The van der Waals surface area contributed by atoms with Crippen LogP contribution in [0.1, 0.15) is 31.6 Å². The van der Waals surface area contributed by atoms with E-state index >= 15 is 0 Å². The van der Waals surface area contributed by atoms with Crippen molar-refractivity contribution in [3.63, 3.8) is 0 Å². The number of hydrogen-bond acceptors (Lipinski definition) is 6. The Labute approximate surface area is 154 Å². The maximum absolute atomic E-state index is 10.9. The maximum atomic E-state index is 10.9. The molecular weight excluding hydrogens is 336 g/mol. The van der Waals surface area contributed by atoms with Gasteiger partial charge >= 0.3 is 0 Å². The minimum atomic E-state index is -0.865. The van der Waals surface area contributed by atoms with Gasteiger partial charge in [-0.1, -0.05) is 49.8 Å². The lowest BCUT2D eigenvalue weighted by atomic mass is 9.97. The molecule has 4 unspecified atom stereocenters. The van der Waals surface area contributed by atoms with E-state index in [0.29, 0.717) is 19.8 Å². The van der Waals surface area contributed by atoms with Crippen molar-refractivity contribution >= 4 is 0 Å². The van der Waals surface area contributed by atoms with Gasteiger partial charge in [0.1, 0.15) is 24.4 Å². The first-order valence-electron chi connectivity index (χ1n) is 9.24. The zero-order chi connectivity index (χ0) is 18.4. The summed E-state index contributed by atoms with van der Waals surface area (Å²) in [6.07, 6.45) is -0.0808. The zero-order valence-electron chi connectivity index (χ0n) is 15.2. The summed E-state index contributed by atoms with van der Waals surface area (Å²) in [4.78, 5) is 0. The third-order valence-electron chi connectivity index (χ3n) is 4.57. The predicted octanol–water partition coefficient (Wildman–Crippen LogP) is 2.57. The summed E-state index contributed by atoms with van der Waals surface area (Å²) >= 11 is 0. The minimum absolute atomic E-state index is 0.316. The molecule has 0 spiro atoms. The molecule has 0 aliphatic carbocycles. The van der Waals surface area contributed by atoms with Crippen LogP contribution < -0.4 is 0 Å². The van der Waals surface area contributed by atoms with Crippen LogP contribution in [0.4, 0.5) is 0 Å². The summed E-state index contributed by atoms with van der Waals surface area (Å²) in [6.45, 7) is 6.91. The van der Waals surface area contributed by atoms with Crippen LogP contribution in [0, 0.1) is 0 Å². The minimum Gasteiger partial charge on any atom is -0.387 e. The van der Waals surface area contributed by atoms with Crippen LogP contribution in [0.2, 0.25) is 0 Å². The maximum Gasteiger partial charge on any atom is 0.187 e. The summed E-state index contributed by atoms with van der Waals surface area (Å²) in [7, 11) is 0. The monoisotopic (exact) mass is 364 g/mol. The Morgan fingerprint density at radius 2 is 2.04 bits per heavy atom. The highest BCUT2D eigenvalue weighted by atomic mass is 16.8. The van der Waals surface area contributed by atoms with Crippen molar-refractivity contribution in [1.82, 2.24) is 0 Å². The van der Waals surface area contributed by atoms with E-state index in [1.807, 2.05) is 30.3 Å². The lowest BCUT2D eigenvalue weighted by Crippen LogP contribution is -2.63. The van der Waals surface area contributed by atoms with E-state index in [-0.39, 0.29) is 0 Å². The number of ether oxygens (including phenoxy) is 5. The number of aliphatic hydroxyl groups is 1. The number of rotatable bonds is 8. The van der Waals surface area contributed by atoms with Crippen molar-refractivity contribution in [2.45, 2.75) is 56.8 Å². The molecule has 6 atom stereocenters. The molecule has 144 valence electrons. The zero-order valence-corrected chi connectivity index (χ0v) is 15.2. The molecule has 2 saturated heterocycles. The van der Waals surface area contributed by atoms with Gasteiger partial charge in [0.05, 0.1) is 13.2 Å². The largest absolute Gasteiger partial charge is 0.387 e. The standard InChI is InChI=1S/C20H28O6/c1-3-5-12-22-18-16(21)17-15(25-20(18)23-11-4-2)13-24-19(26-17)14-9-7-6-8-10-14/h4,6-10,15-21H,2-3,5,11-13H2,1H3/t15?,16-,17+,18?,19?,20?/m0/s1. The Hall–Kier alpha value is -1.28. The summed E-state index contributed by atoms with van der Waals surface area (Å²) in [6, 6.07) is 9.67. The lowest BCUT2D eigenvalue weighted by molar-refractivity contribution is -0.364. The normalized spacial score (nSPS) is 34.2. The second-order valence-electron chi connectivity index (χ2n) is 6.52. The lowest BCUT2D eigenvalue weighted by Gasteiger charge is -2.47. The van der Waals surface area contributed by atoms with Crippen molar-refractivity contribution in [2.24, 2.45) is 0 Å². The first-order chi connectivity index (χ1) is 12.7. The van der Waals surface area contributed by atoms with Gasteiger partial charge < -0.3 is 28.8 Å². The van der Waals surface area contributed by atoms with Crippen molar-refractivity contribution in [3.05, 3.63) is 48.6 Å². The number of unbranched alkanes of at least 4 members (excludes halogenated alkanes) is 1. The molecule has 0 aromatic heterocycles. The fourth-order valence-electron chi connectivity index (χ4n) is 3.18. The molecule has 2 heterocycles. The molecular formula is C20H28O6. The first kappa shape index (κ1) is 19.5. The number of fused-ring (bicyclic) bond motifs is 1. The van der Waals surface area contributed by atoms with E-state index in [9.17, 15) is 5.11 Å². The third kappa shape index (κ3) is 4.52. The molecule has 0 saturated carbocycles. The summed E-state index contributed by atoms with van der Waals surface area (Å²) in [5.41, 5.74) is 0.909. The molecule has 2 aliphatic rings. The second-order valence-corrected chi connectivity index (χ2v) is 6.52. The molecule has 1 aromatic rings. The Morgan fingerprint density at radius 3 is 2.77 bits per heavy atom. The summed E-state index contributed by atoms with van der Waals surface area (Å²) < 4.78 is 29.4. The molecule has 0 bridgehead atoms. The quantitative estimate of drug-likeness (QED) is 0.565. The van der Waals surface area contributed by atoms with Crippen LogP contribution in [0.25, 0.3) is 0 Å². The van der Waals surface area contributed by atoms with Gasteiger partial charge in [-0.3, -0.25) is 0 Å². The molecule has 3 rings (SSSR count). The average molecular weight is 364 g/mol. The van der Waals surface area contributed by atoms with Gasteiger partial charge in [0.15, 0.2) is 12.6 Å². The number of aliphatic hydroxyl groups excluding tert-OH is 1. The Kier molecular flexibility index (Phi) is 7.19. The highest BCUT2D eigenvalue weighted by Crippen LogP contribution is 2.35. The molecule has 0 amide bonds. The Balaban J connectivity index is 1.70. The highest BCUT2D eigenvalue weighted by molar-refractivity contribution is 5.16. The molecule has 26 heavy (non-hydrogen) atoms. The second kappa shape index (κ2) is 9.60. The molecule has 2 fully saturated rings. The van der Waals surface area contributed by atoms with Gasteiger partial charge in [-0.05, 0) is 6.42 Å². The van der Waals surface area contributed by atoms with Crippen LogP contribution in [0.15, 0.2) is 43.0 Å². The van der Waals surface area contributed by atoms with Crippen LogP contribution >= 0.6 is 0 Å². The molecule has 2 aliphatic heterocycles. The van der Waals surface area contributed by atoms with E-state index in [1.54, 1.807) is 6.08 Å². The van der Waals surface area contributed by atoms with Gasteiger partial charge in [0, 0.05) is 12.2 Å². The van der Waals surface area contributed by atoms with Gasteiger partial charge in [-0.15, -0.1) is 6.58 Å². The van der Waals surface area contributed by atoms with E-state index in [4.69, 9.17) is 23.7 Å². The van der Waals surface area contributed by atoms with Crippen molar-refractivity contribution in [1.29, 1.82) is 0 Å². The highest BCUT2D eigenvalue weighted by Gasteiger charge is 2.50. The number of benzene rings is 1. The van der Waals surface area contributed by atoms with Gasteiger partial charge in [0.25, 0.3) is 0 Å². The molecule has 1 aromatic carbocycles. The van der Waals surface area contributed by atoms with Crippen LogP contribution in [-0.4, -0.2) is 55.6 Å². The SMILES string of the molecule is C=CCOC1OC2COC(c3ccccc3)O[C@H]2[C@H](O)C1OCCCC. The topological polar surface area (TPSA) is 66.4 Å². The fourth-order valence-corrected chi connectivity index (χ4v) is 3.18. The fraction of sp³-hybridized carbons (Fsp3) is 0.600. The Morgan fingerprint density at radius 1 is 1.23 bits per heavy atom. The van der Waals surface area contributed by atoms with E-state index in [1.165, 1.54) is 0 Å². The van der Waals surface area contributed by atoms with Gasteiger partial charge in [-0.25, -0.2) is 0 Å². The predicted molar refractivity (Wildman–Crippen MR) is 95.5 cm³/mol. The smallest absolute Gasteiger partial charge is 0.187 e. The summed E-state index contributed by atoms with van der Waals surface area (Å²) in [5, 5.41) is 10.9. The van der Waals surface area contributed by atoms with Crippen molar-refractivity contribution < 1.29 is 28.8 Å². The molecule has 1 N–H and O–H groups in total. The third-order valence-corrected chi connectivity index (χ3v) is 4.57. The van der Waals surface area contributed by atoms with Crippen molar-refractivity contribution in [3.8, 4) is 0 Å². The van der Waals surface area contributed by atoms with Crippen LogP contribution in [0.5, 0.6) is 0 Å². The van der Waals surface area contributed by atoms with Crippen LogP contribution in [-0.2, 0) is 23.7 Å². The number of hydrogen-bond donors (Lipinski definition) is 1. The molecule has 6 heteroatoms. The van der Waals surface area contributed by atoms with Crippen LogP contribution in [0.3, 0.4) is 0 Å². The molecule has 6 nitrogen and oxygen atoms in total. The summed E-state index contributed by atoms with van der Waals surface area (Å²) in [5.74, 6) is 0. The van der Waals surface area contributed by atoms with E-state index in [2.05, 4.69) is 13.5 Å². The van der Waals surface area contributed by atoms with E-state index < -0.39 is 37.0 Å². The first-order valence-corrected chi connectivity index (χ1v) is 9.24. The average Bonchev–Trinajstić information content (AvgIpc) is 2.69. The van der Waals surface area contributed by atoms with Crippen molar-refractivity contribution in [2.75, 3.05) is 19.8 Å². The van der Waals surface area contributed by atoms with E-state index in [0.717, 1.165) is 18.4 Å².